The average molecular weight is 307 g/mol. The number of fused-ring (bicyclic) bond motifs is 1. The first-order valence-corrected chi connectivity index (χ1v) is 8.64. The molecule has 1 aliphatic heterocycles. The van der Waals surface area contributed by atoms with Crippen LogP contribution < -0.4 is 0 Å². The van der Waals surface area contributed by atoms with Crippen molar-refractivity contribution < 1.29 is 14.7 Å². The summed E-state index contributed by atoms with van der Waals surface area (Å²) in [6, 6.07) is 1.37. The molecule has 0 aromatic carbocycles. The van der Waals surface area contributed by atoms with Crippen LogP contribution in [0.2, 0.25) is 0 Å². The highest BCUT2D eigenvalue weighted by Crippen LogP contribution is 2.31. The van der Waals surface area contributed by atoms with Gasteiger partial charge in [-0.2, -0.15) is 0 Å². The van der Waals surface area contributed by atoms with E-state index in [0.717, 1.165) is 30.6 Å². The summed E-state index contributed by atoms with van der Waals surface area (Å²) in [5, 5.41) is 9.31. The summed E-state index contributed by atoms with van der Waals surface area (Å²) in [4.78, 5) is 27.7. The number of carboxylic acid groups (broad SMARTS) is 1. The lowest BCUT2D eigenvalue weighted by Gasteiger charge is -2.32. The van der Waals surface area contributed by atoms with Gasteiger partial charge in [-0.15, -0.1) is 11.3 Å². The fourth-order valence-corrected chi connectivity index (χ4v) is 4.56. The zero-order valence-electron chi connectivity index (χ0n) is 12.1. The topological polar surface area (TPSA) is 57.6 Å². The Labute approximate surface area is 128 Å². The van der Waals surface area contributed by atoms with E-state index in [1.165, 1.54) is 29.7 Å². The molecule has 2 heterocycles. The fourth-order valence-electron chi connectivity index (χ4n) is 3.35. The molecule has 0 saturated carbocycles. The van der Waals surface area contributed by atoms with Gasteiger partial charge in [0.1, 0.15) is 6.04 Å². The van der Waals surface area contributed by atoms with Crippen molar-refractivity contribution in [3.63, 3.8) is 0 Å². The number of hydrogen-bond acceptors (Lipinski definition) is 3. The summed E-state index contributed by atoms with van der Waals surface area (Å²) < 4.78 is 0. The molecule has 1 fully saturated rings. The first-order valence-electron chi connectivity index (χ1n) is 7.82. The van der Waals surface area contributed by atoms with E-state index in [9.17, 15) is 14.7 Å². The highest BCUT2D eigenvalue weighted by atomic mass is 32.1. The van der Waals surface area contributed by atoms with E-state index >= 15 is 0 Å². The summed E-state index contributed by atoms with van der Waals surface area (Å²) in [6.45, 7) is 0.568. The minimum atomic E-state index is -0.874. The Kier molecular flexibility index (Phi) is 4.29. The van der Waals surface area contributed by atoms with Crippen LogP contribution in [0.5, 0.6) is 0 Å². The number of amides is 1. The standard InChI is InChI=1S/C16H21NO3S/c18-15(17-9-5-4-7-12(17)16(19)20)14-10-11-6-2-1-3-8-13(11)21-14/h10,12H,1-9H2,(H,19,20)/t12-/m0/s1. The fraction of sp³-hybridized carbons (Fsp3) is 0.625. The summed E-state index contributed by atoms with van der Waals surface area (Å²) >= 11 is 1.58. The Balaban J connectivity index is 1.82. The quantitative estimate of drug-likeness (QED) is 0.854. The zero-order chi connectivity index (χ0) is 14.8. The number of rotatable bonds is 2. The van der Waals surface area contributed by atoms with Crippen LogP contribution >= 0.6 is 11.3 Å². The van der Waals surface area contributed by atoms with E-state index in [-0.39, 0.29) is 5.91 Å². The maximum Gasteiger partial charge on any atom is 0.326 e. The predicted octanol–water partition coefficient (Wildman–Crippen LogP) is 3.10. The van der Waals surface area contributed by atoms with Gasteiger partial charge in [0.2, 0.25) is 0 Å². The lowest BCUT2D eigenvalue weighted by molar-refractivity contribution is -0.143. The molecule has 1 saturated heterocycles. The smallest absolute Gasteiger partial charge is 0.326 e. The Morgan fingerprint density at radius 3 is 2.76 bits per heavy atom. The number of carbonyl (C=O) groups excluding carboxylic acids is 1. The number of hydrogen-bond donors (Lipinski definition) is 1. The predicted molar refractivity (Wildman–Crippen MR) is 81.9 cm³/mol. The largest absolute Gasteiger partial charge is 0.480 e. The SMILES string of the molecule is O=C(O)[C@@H]1CCCCN1C(=O)c1cc2c(s1)CCCCC2. The van der Waals surface area contributed by atoms with Crippen LogP contribution in [0, 0.1) is 0 Å². The second-order valence-corrected chi connectivity index (χ2v) is 7.10. The molecule has 114 valence electrons. The van der Waals surface area contributed by atoms with E-state index in [1.54, 1.807) is 16.2 Å². The van der Waals surface area contributed by atoms with E-state index < -0.39 is 12.0 Å². The van der Waals surface area contributed by atoms with Crippen molar-refractivity contribution in [1.82, 2.24) is 4.90 Å². The molecule has 1 aromatic heterocycles. The van der Waals surface area contributed by atoms with Crippen molar-refractivity contribution >= 4 is 23.2 Å². The molecule has 0 unspecified atom stereocenters. The lowest BCUT2D eigenvalue weighted by Crippen LogP contribution is -2.47. The van der Waals surface area contributed by atoms with Crippen LogP contribution in [0.1, 0.15) is 58.6 Å². The first kappa shape index (κ1) is 14.6. The molecule has 1 amide bonds. The maximum atomic E-state index is 12.7. The Morgan fingerprint density at radius 1 is 1.14 bits per heavy atom. The van der Waals surface area contributed by atoms with Crippen LogP contribution in [0.3, 0.4) is 0 Å². The van der Waals surface area contributed by atoms with Crippen LogP contribution in [0.25, 0.3) is 0 Å². The van der Waals surface area contributed by atoms with Crippen molar-refractivity contribution in [2.75, 3.05) is 6.54 Å². The lowest BCUT2D eigenvalue weighted by atomic mass is 10.0. The second kappa shape index (κ2) is 6.18. The summed E-state index contributed by atoms with van der Waals surface area (Å²) in [5.41, 5.74) is 1.31. The van der Waals surface area contributed by atoms with Crippen LogP contribution in [0.4, 0.5) is 0 Å². The number of thiophene rings is 1. The molecule has 3 rings (SSSR count). The highest BCUT2D eigenvalue weighted by Gasteiger charge is 2.33. The number of carbonyl (C=O) groups is 2. The third-order valence-electron chi connectivity index (χ3n) is 4.51. The van der Waals surface area contributed by atoms with Crippen molar-refractivity contribution in [1.29, 1.82) is 0 Å². The van der Waals surface area contributed by atoms with Gasteiger partial charge in [0.25, 0.3) is 5.91 Å². The third kappa shape index (κ3) is 2.98. The molecule has 0 radical (unpaired) electrons. The van der Waals surface area contributed by atoms with Crippen molar-refractivity contribution in [3.05, 3.63) is 21.4 Å². The Bertz CT molecular complexity index is 528. The molecule has 5 heteroatoms. The number of piperidine rings is 1. The highest BCUT2D eigenvalue weighted by molar-refractivity contribution is 7.14. The second-order valence-electron chi connectivity index (χ2n) is 5.97. The minimum absolute atomic E-state index is 0.0832. The molecule has 4 nitrogen and oxygen atoms in total. The van der Waals surface area contributed by atoms with Crippen molar-refractivity contribution in [2.24, 2.45) is 0 Å². The van der Waals surface area contributed by atoms with Gasteiger partial charge < -0.3 is 10.0 Å². The summed E-state index contributed by atoms with van der Waals surface area (Å²) in [7, 11) is 0. The normalized spacial score (nSPS) is 22.5. The van der Waals surface area contributed by atoms with Gasteiger partial charge in [-0.1, -0.05) is 6.42 Å². The van der Waals surface area contributed by atoms with E-state index in [4.69, 9.17) is 0 Å². The van der Waals surface area contributed by atoms with Gasteiger partial charge in [-0.3, -0.25) is 4.79 Å². The average Bonchev–Trinajstić information content (AvgIpc) is 2.77. The van der Waals surface area contributed by atoms with Crippen LogP contribution in [-0.4, -0.2) is 34.5 Å². The molecule has 2 aliphatic rings. The molecule has 1 atom stereocenters. The summed E-state index contributed by atoms with van der Waals surface area (Å²) in [5.74, 6) is -0.957. The van der Waals surface area contributed by atoms with Gasteiger partial charge in [0.05, 0.1) is 4.88 Å². The molecule has 21 heavy (non-hydrogen) atoms. The number of aryl methyl sites for hydroxylation is 2. The van der Waals surface area contributed by atoms with Crippen LogP contribution in [0.15, 0.2) is 6.07 Å². The zero-order valence-corrected chi connectivity index (χ0v) is 13.0. The number of nitrogens with zero attached hydrogens (tertiary/aromatic N) is 1. The van der Waals surface area contributed by atoms with E-state index in [2.05, 4.69) is 0 Å². The van der Waals surface area contributed by atoms with E-state index in [0.29, 0.717) is 13.0 Å². The minimum Gasteiger partial charge on any atom is -0.480 e. The monoisotopic (exact) mass is 307 g/mol. The van der Waals surface area contributed by atoms with Gasteiger partial charge in [-0.05, 0) is 56.6 Å². The van der Waals surface area contributed by atoms with Crippen LogP contribution in [-0.2, 0) is 17.6 Å². The third-order valence-corrected chi connectivity index (χ3v) is 5.73. The molecule has 1 aromatic rings. The number of aliphatic carboxylic acids is 1. The first-order chi connectivity index (χ1) is 10.2. The molecule has 0 spiro atoms. The van der Waals surface area contributed by atoms with Gasteiger partial charge in [-0.25, -0.2) is 4.79 Å². The molecule has 1 aliphatic carbocycles. The molecular weight excluding hydrogens is 286 g/mol. The summed E-state index contributed by atoms with van der Waals surface area (Å²) in [6.07, 6.45) is 8.14. The van der Waals surface area contributed by atoms with Crippen molar-refractivity contribution in [3.8, 4) is 0 Å². The number of likely N-dealkylation sites (tertiary alicyclic amines) is 1. The molecular formula is C16H21NO3S. The van der Waals surface area contributed by atoms with Gasteiger partial charge in [0, 0.05) is 11.4 Å². The van der Waals surface area contributed by atoms with Gasteiger partial charge in [0.15, 0.2) is 0 Å². The number of carboxylic acids is 1. The van der Waals surface area contributed by atoms with E-state index in [1.807, 2.05) is 6.07 Å². The Morgan fingerprint density at radius 2 is 1.95 bits per heavy atom. The Hall–Kier alpha value is -1.36. The molecule has 1 N–H and O–H groups in total. The molecule has 0 bridgehead atoms. The van der Waals surface area contributed by atoms with Crippen molar-refractivity contribution in [2.45, 2.75) is 57.4 Å². The maximum absolute atomic E-state index is 12.7. The van der Waals surface area contributed by atoms with Gasteiger partial charge >= 0.3 is 5.97 Å².